The molecule has 0 aliphatic heterocycles. The minimum Gasteiger partial charge on any atom is -0.332 e. The molecule has 126 valence electrons. The van der Waals surface area contributed by atoms with Crippen molar-refractivity contribution in [1.29, 1.82) is 0 Å². The fourth-order valence-electron chi connectivity index (χ4n) is 1.87. The lowest BCUT2D eigenvalue weighted by Crippen LogP contribution is -2.05. The van der Waals surface area contributed by atoms with Gasteiger partial charge in [0, 0.05) is 29.0 Å². The largest absolute Gasteiger partial charge is 0.416 e. The monoisotopic (exact) mass is 351 g/mol. The lowest BCUT2D eigenvalue weighted by Gasteiger charge is -2.08. The molecule has 0 bridgehead atoms. The Balaban J connectivity index is 0.00000100. The van der Waals surface area contributed by atoms with Crippen molar-refractivity contribution in [2.45, 2.75) is 20.0 Å². The van der Waals surface area contributed by atoms with Crippen LogP contribution in [0.3, 0.4) is 0 Å². The quantitative estimate of drug-likeness (QED) is 0.629. The molecule has 0 atom stereocenters. The summed E-state index contributed by atoms with van der Waals surface area (Å²) in [5.41, 5.74) is 1.24. The third kappa shape index (κ3) is 4.55. The van der Waals surface area contributed by atoms with Crippen LogP contribution in [-0.2, 0) is 6.18 Å². The van der Waals surface area contributed by atoms with Gasteiger partial charge in [0.1, 0.15) is 0 Å². The zero-order chi connectivity index (χ0) is 17.6. The molecule has 1 aromatic carbocycles. The number of hydrogen-bond acceptors (Lipinski definition) is 4. The third-order valence-electron chi connectivity index (χ3n) is 2.90. The first-order valence-electron chi connectivity index (χ1n) is 7.32. The van der Waals surface area contributed by atoms with Crippen LogP contribution >= 0.6 is 11.3 Å². The van der Waals surface area contributed by atoms with Gasteiger partial charge in [0.2, 0.25) is 0 Å². The fraction of sp³-hybridized carbons (Fsp3) is 0.176. The van der Waals surface area contributed by atoms with Crippen LogP contribution < -0.4 is 5.32 Å². The van der Waals surface area contributed by atoms with Gasteiger partial charge in [0.05, 0.1) is 11.3 Å². The second-order valence-electron chi connectivity index (χ2n) is 4.48. The topological polar surface area (TPSA) is 37.8 Å². The van der Waals surface area contributed by atoms with Gasteiger partial charge in [-0.05, 0) is 30.3 Å². The highest BCUT2D eigenvalue weighted by molar-refractivity contribution is 7.14. The van der Waals surface area contributed by atoms with E-state index in [1.54, 1.807) is 24.5 Å². The van der Waals surface area contributed by atoms with Crippen molar-refractivity contribution in [3.8, 4) is 11.3 Å². The fourth-order valence-corrected chi connectivity index (χ4v) is 2.61. The summed E-state index contributed by atoms with van der Waals surface area (Å²) >= 11 is 1.32. The molecule has 0 saturated carbocycles. The Kier molecular flexibility index (Phi) is 5.92. The molecule has 0 radical (unpaired) electrons. The first-order valence-corrected chi connectivity index (χ1v) is 8.20. The number of pyridine rings is 1. The molecule has 0 aliphatic carbocycles. The molecule has 0 aliphatic rings. The average Bonchev–Trinajstić information content (AvgIpc) is 3.05. The zero-order valence-corrected chi connectivity index (χ0v) is 13.9. The van der Waals surface area contributed by atoms with Gasteiger partial charge in [-0.2, -0.15) is 13.2 Å². The van der Waals surface area contributed by atoms with Crippen LogP contribution in [0.5, 0.6) is 0 Å². The number of nitrogens with one attached hydrogen (secondary N) is 1. The molecule has 2 aromatic heterocycles. The third-order valence-corrected chi connectivity index (χ3v) is 3.66. The Morgan fingerprint density at radius 1 is 1.08 bits per heavy atom. The van der Waals surface area contributed by atoms with Crippen molar-refractivity contribution in [2.24, 2.45) is 0 Å². The molecule has 0 spiro atoms. The predicted molar refractivity (Wildman–Crippen MR) is 91.4 cm³/mol. The second-order valence-corrected chi connectivity index (χ2v) is 5.34. The van der Waals surface area contributed by atoms with Gasteiger partial charge in [-0.1, -0.05) is 19.9 Å². The van der Waals surface area contributed by atoms with Gasteiger partial charge in [0.15, 0.2) is 5.13 Å². The highest BCUT2D eigenvalue weighted by Gasteiger charge is 2.30. The summed E-state index contributed by atoms with van der Waals surface area (Å²) in [6, 6.07) is 8.70. The van der Waals surface area contributed by atoms with Crippen molar-refractivity contribution < 1.29 is 13.2 Å². The number of hydrogen-bond donors (Lipinski definition) is 1. The Hall–Kier alpha value is -2.41. The van der Waals surface area contributed by atoms with E-state index >= 15 is 0 Å². The van der Waals surface area contributed by atoms with E-state index in [1.165, 1.54) is 17.4 Å². The molecule has 2 heterocycles. The van der Waals surface area contributed by atoms with E-state index in [0.717, 1.165) is 23.4 Å². The summed E-state index contributed by atoms with van der Waals surface area (Å²) in [6.45, 7) is 4.00. The smallest absolute Gasteiger partial charge is 0.332 e. The molecule has 3 rings (SSSR count). The molecular formula is C17H16F3N3S. The molecule has 3 aromatic rings. The van der Waals surface area contributed by atoms with Crippen LogP contribution in [0, 0.1) is 0 Å². The highest BCUT2D eigenvalue weighted by Crippen LogP contribution is 2.32. The standard InChI is InChI=1S/C15H10F3N3S.C2H6/c16-15(17,18)11-4-1-5-12(7-11)20-14-21-13(9-22-14)10-3-2-6-19-8-10;1-2/h1-9H,(H,20,21);1-2H3. The summed E-state index contributed by atoms with van der Waals surface area (Å²) in [7, 11) is 0. The van der Waals surface area contributed by atoms with Crippen LogP contribution in [0.2, 0.25) is 0 Å². The summed E-state index contributed by atoms with van der Waals surface area (Å²) in [5, 5.41) is 5.25. The Morgan fingerprint density at radius 3 is 2.54 bits per heavy atom. The van der Waals surface area contributed by atoms with E-state index in [2.05, 4.69) is 15.3 Å². The average molecular weight is 351 g/mol. The van der Waals surface area contributed by atoms with Crippen molar-refractivity contribution in [2.75, 3.05) is 5.32 Å². The summed E-state index contributed by atoms with van der Waals surface area (Å²) < 4.78 is 38.1. The highest BCUT2D eigenvalue weighted by atomic mass is 32.1. The van der Waals surface area contributed by atoms with Gasteiger partial charge < -0.3 is 5.32 Å². The zero-order valence-electron chi connectivity index (χ0n) is 13.1. The first-order chi connectivity index (χ1) is 11.5. The van der Waals surface area contributed by atoms with Crippen LogP contribution in [0.15, 0.2) is 54.2 Å². The summed E-state index contributed by atoms with van der Waals surface area (Å²) in [4.78, 5) is 8.37. The molecule has 1 N–H and O–H groups in total. The van der Waals surface area contributed by atoms with E-state index in [4.69, 9.17) is 0 Å². The van der Waals surface area contributed by atoms with Crippen molar-refractivity contribution in [1.82, 2.24) is 9.97 Å². The van der Waals surface area contributed by atoms with E-state index in [0.29, 0.717) is 10.8 Å². The van der Waals surface area contributed by atoms with E-state index in [9.17, 15) is 13.2 Å². The van der Waals surface area contributed by atoms with E-state index < -0.39 is 11.7 Å². The second kappa shape index (κ2) is 7.92. The Labute approximate surface area is 142 Å². The number of halogens is 3. The maximum Gasteiger partial charge on any atom is 0.416 e. The molecule has 24 heavy (non-hydrogen) atoms. The molecular weight excluding hydrogens is 335 g/mol. The van der Waals surface area contributed by atoms with Gasteiger partial charge >= 0.3 is 6.18 Å². The van der Waals surface area contributed by atoms with Crippen LogP contribution in [-0.4, -0.2) is 9.97 Å². The molecule has 0 unspecified atom stereocenters. The van der Waals surface area contributed by atoms with Gasteiger partial charge in [-0.25, -0.2) is 4.98 Å². The van der Waals surface area contributed by atoms with Crippen molar-refractivity contribution in [3.63, 3.8) is 0 Å². The number of rotatable bonds is 3. The molecule has 0 saturated heterocycles. The Bertz CT molecular complexity index is 770. The number of nitrogens with zero attached hydrogens (tertiary/aromatic N) is 2. The maximum atomic E-state index is 12.7. The lowest BCUT2D eigenvalue weighted by atomic mass is 10.2. The van der Waals surface area contributed by atoms with Crippen LogP contribution in [0.4, 0.5) is 24.0 Å². The molecule has 7 heteroatoms. The van der Waals surface area contributed by atoms with E-state index in [1.807, 2.05) is 25.3 Å². The van der Waals surface area contributed by atoms with Crippen LogP contribution in [0.1, 0.15) is 19.4 Å². The summed E-state index contributed by atoms with van der Waals surface area (Å²) in [5.74, 6) is 0. The van der Waals surface area contributed by atoms with Gasteiger partial charge in [-0.3, -0.25) is 4.98 Å². The number of thiazole rings is 1. The number of benzene rings is 1. The summed E-state index contributed by atoms with van der Waals surface area (Å²) in [6.07, 6.45) is -1.01. The SMILES string of the molecule is CC.FC(F)(F)c1cccc(Nc2nc(-c3cccnc3)cs2)c1. The van der Waals surface area contributed by atoms with Gasteiger partial charge in [-0.15, -0.1) is 11.3 Å². The molecule has 3 nitrogen and oxygen atoms in total. The van der Waals surface area contributed by atoms with Crippen LogP contribution in [0.25, 0.3) is 11.3 Å². The van der Waals surface area contributed by atoms with Gasteiger partial charge in [0.25, 0.3) is 0 Å². The van der Waals surface area contributed by atoms with Crippen molar-refractivity contribution >= 4 is 22.2 Å². The number of alkyl halides is 3. The number of aromatic nitrogens is 2. The van der Waals surface area contributed by atoms with E-state index in [-0.39, 0.29) is 0 Å². The van der Waals surface area contributed by atoms with Crippen molar-refractivity contribution in [3.05, 3.63) is 59.7 Å². The lowest BCUT2D eigenvalue weighted by molar-refractivity contribution is -0.137. The predicted octanol–water partition coefficient (Wildman–Crippen LogP) is 5.99. The maximum absolute atomic E-state index is 12.7. The molecule has 0 fully saturated rings. The normalized spacial score (nSPS) is 10.7. The first kappa shape index (κ1) is 17.9. The number of anilines is 2. The molecule has 0 amide bonds. The minimum absolute atomic E-state index is 0.349. The minimum atomic E-state index is -4.36. The Morgan fingerprint density at radius 2 is 1.88 bits per heavy atom.